The summed E-state index contributed by atoms with van der Waals surface area (Å²) in [4.78, 5) is 19.6. The van der Waals surface area contributed by atoms with Gasteiger partial charge >= 0.3 is 0 Å². The molecule has 3 heterocycles. The van der Waals surface area contributed by atoms with E-state index < -0.39 is 11.6 Å². The Hall–Kier alpha value is -1.79. The molecule has 3 rings (SSSR count). The number of carbonyl (C=O) groups is 1. The van der Waals surface area contributed by atoms with E-state index in [1.807, 2.05) is 17.0 Å². The van der Waals surface area contributed by atoms with Crippen LogP contribution in [-0.4, -0.2) is 34.5 Å². The molecule has 6 heteroatoms. The second-order valence-electron chi connectivity index (χ2n) is 6.34. The number of aromatic nitrogens is 1. The summed E-state index contributed by atoms with van der Waals surface area (Å²) in [5.41, 5.74) is 0.345. The van der Waals surface area contributed by atoms with Crippen molar-refractivity contribution in [3.8, 4) is 0 Å². The molecule has 0 aromatic carbocycles. The van der Waals surface area contributed by atoms with Gasteiger partial charge in [0.2, 0.25) is 5.67 Å². The molecule has 128 valence electrons. The first kappa shape index (κ1) is 17.0. The van der Waals surface area contributed by atoms with Gasteiger partial charge in [-0.3, -0.25) is 14.7 Å². The van der Waals surface area contributed by atoms with Crippen LogP contribution in [0.25, 0.3) is 0 Å². The summed E-state index contributed by atoms with van der Waals surface area (Å²) in [5.74, 6) is -0.507. The zero-order chi connectivity index (χ0) is 17.0. The van der Waals surface area contributed by atoms with Gasteiger partial charge in [-0.15, -0.1) is 11.3 Å². The average molecular weight is 347 g/mol. The van der Waals surface area contributed by atoms with Gasteiger partial charge in [-0.1, -0.05) is 0 Å². The lowest BCUT2D eigenvalue weighted by Crippen LogP contribution is -2.53. The quantitative estimate of drug-likeness (QED) is 0.904. The van der Waals surface area contributed by atoms with E-state index in [1.165, 1.54) is 10.4 Å². The number of rotatable bonds is 5. The van der Waals surface area contributed by atoms with Crippen LogP contribution in [0.5, 0.6) is 0 Å². The number of carbonyl (C=O) groups excluding carboxylic acids is 1. The predicted molar refractivity (Wildman–Crippen MR) is 93.5 cm³/mol. The number of aryl methyl sites for hydroxylation is 1. The fraction of sp³-hybridized carbons (Fsp3) is 0.444. The summed E-state index contributed by atoms with van der Waals surface area (Å²) in [6, 6.07) is 5.71. The lowest BCUT2D eigenvalue weighted by molar-refractivity contribution is -0.137. The fourth-order valence-electron chi connectivity index (χ4n) is 3.03. The maximum absolute atomic E-state index is 15.2. The number of piperidine rings is 1. The predicted octanol–water partition coefficient (Wildman–Crippen LogP) is 3.07. The molecule has 1 aliphatic rings. The van der Waals surface area contributed by atoms with E-state index in [9.17, 15) is 4.79 Å². The monoisotopic (exact) mass is 347 g/mol. The minimum atomic E-state index is -1.81. The lowest BCUT2D eigenvalue weighted by atomic mass is 9.93. The number of amides is 1. The molecule has 1 saturated heterocycles. The standard InChI is InChI=1S/C18H22FN3OS/c1-14-5-10-24-16(14)12-22-9-2-6-18(19,13-22)17(23)21-11-15-3-7-20-8-4-15/h3-5,7-8,10H,2,6,9,11-13H2,1H3,(H,21,23). The third-order valence-corrected chi connectivity index (χ3v) is 5.47. The number of alkyl halides is 1. The molecule has 0 aliphatic carbocycles. The Morgan fingerprint density at radius 1 is 1.42 bits per heavy atom. The average Bonchev–Trinajstić information content (AvgIpc) is 2.98. The Morgan fingerprint density at radius 2 is 2.21 bits per heavy atom. The van der Waals surface area contributed by atoms with Crippen LogP contribution in [0.1, 0.15) is 28.8 Å². The zero-order valence-electron chi connectivity index (χ0n) is 13.8. The van der Waals surface area contributed by atoms with Crippen molar-refractivity contribution in [1.82, 2.24) is 15.2 Å². The third-order valence-electron chi connectivity index (χ3n) is 4.47. The highest BCUT2D eigenvalue weighted by Crippen LogP contribution is 2.28. The van der Waals surface area contributed by atoms with Gasteiger partial charge in [0.1, 0.15) is 0 Å². The van der Waals surface area contributed by atoms with Crippen LogP contribution < -0.4 is 5.32 Å². The van der Waals surface area contributed by atoms with E-state index in [0.717, 1.165) is 12.1 Å². The SMILES string of the molecule is Cc1ccsc1CN1CCCC(F)(C(=O)NCc2ccncc2)C1. The molecule has 1 atom stereocenters. The second kappa shape index (κ2) is 7.40. The molecule has 1 fully saturated rings. The number of likely N-dealkylation sites (tertiary alicyclic amines) is 1. The number of nitrogens with zero attached hydrogens (tertiary/aromatic N) is 2. The van der Waals surface area contributed by atoms with Crippen molar-refractivity contribution in [3.05, 3.63) is 52.0 Å². The molecule has 24 heavy (non-hydrogen) atoms. The molecule has 1 amide bonds. The van der Waals surface area contributed by atoms with Crippen LogP contribution in [0, 0.1) is 6.92 Å². The molecule has 0 radical (unpaired) electrons. The van der Waals surface area contributed by atoms with Crippen LogP contribution in [0.3, 0.4) is 0 Å². The summed E-state index contributed by atoms with van der Waals surface area (Å²) >= 11 is 1.69. The van der Waals surface area contributed by atoms with E-state index in [-0.39, 0.29) is 13.0 Å². The molecule has 1 aliphatic heterocycles. The Kier molecular flexibility index (Phi) is 5.26. The van der Waals surface area contributed by atoms with Crippen LogP contribution in [0.15, 0.2) is 36.0 Å². The number of nitrogens with one attached hydrogen (secondary N) is 1. The van der Waals surface area contributed by atoms with Crippen molar-refractivity contribution in [2.45, 2.75) is 38.5 Å². The largest absolute Gasteiger partial charge is 0.349 e. The highest BCUT2D eigenvalue weighted by molar-refractivity contribution is 7.10. The Bertz CT molecular complexity index is 691. The summed E-state index contributed by atoms with van der Waals surface area (Å²) < 4.78 is 15.2. The van der Waals surface area contributed by atoms with Crippen molar-refractivity contribution < 1.29 is 9.18 Å². The second-order valence-corrected chi connectivity index (χ2v) is 7.35. The van der Waals surface area contributed by atoms with E-state index in [1.54, 1.807) is 23.7 Å². The van der Waals surface area contributed by atoms with Gasteiger partial charge in [0.15, 0.2) is 0 Å². The zero-order valence-corrected chi connectivity index (χ0v) is 14.6. The van der Waals surface area contributed by atoms with Crippen LogP contribution in [0.2, 0.25) is 0 Å². The number of thiophene rings is 1. The first-order chi connectivity index (χ1) is 11.6. The van der Waals surface area contributed by atoms with Gasteiger partial charge in [0.05, 0.1) is 0 Å². The number of pyridine rings is 1. The maximum atomic E-state index is 15.2. The first-order valence-corrected chi connectivity index (χ1v) is 9.06. The van der Waals surface area contributed by atoms with Gasteiger partial charge in [-0.2, -0.15) is 0 Å². The highest BCUT2D eigenvalue weighted by atomic mass is 32.1. The van der Waals surface area contributed by atoms with Gasteiger partial charge in [-0.25, -0.2) is 4.39 Å². The molecule has 0 spiro atoms. The van der Waals surface area contributed by atoms with Crippen molar-refractivity contribution in [3.63, 3.8) is 0 Å². The van der Waals surface area contributed by atoms with Gasteiger partial charge in [0, 0.05) is 36.9 Å². The van der Waals surface area contributed by atoms with Gasteiger partial charge in [0.25, 0.3) is 5.91 Å². The molecule has 0 saturated carbocycles. The van der Waals surface area contributed by atoms with Crippen LogP contribution >= 0.6 is 11.3 Å². The minimum absolute atomic E-state index is 0.159. The number of hydrogen-bond acceptors (Lipinski definition) is 4. The molecule has 2 aromatic rings. The number of halogens is 1. The van der Waals surface area contributed by atoms with Crippen molar-refractivity contribution in [2.24, 2.45) is 0 Å². The van der Waals surface area contributed by atoms with Crippen LogP contribution in [-0.2, 0) is 17.9 Å². The summed E-state index contributed by atoms with van der Waals surface area (Å²) in [5, 5.41) is 4.79. The Balaban J connectivity index is 1.59. The van der Waals surface area contributed by atoms with Crippen molar-refractivity contribution >= 4 is 17.2 Å². The topological polar surface area (TPSA) is 45.2 Å². The van der Waals surface area contributed by atoms with E-state index in [0.29, 0.717) is 19.5 Å². The Morgan fingerprint density at radius 3 is 2.92 bits per heavy atom. The third kappa shape index (κ3) is 3.99. The lowest BCUT2D eigenvalue weighted by Gasteiger charge is -2.36. The van der Waals surface area contributed by atoms with Gasteiger partial charge in [-0.05, 0) is 61.0 Å². The molecule has 1 unspecified atom stereocenters. The highest BCUT2D eigenvalue weighted by Gasteiger charge is 2.42. The molecular formula is C18H22FN3OS. The fourth-order valence-corrected chi connectivity index (χ4v) is 3.97. The summed E-state index contributed by atoms with van der Waals surface area (Å²) in [6.07, 6.45) is 4.31. The summed E-state index contributed by atoms with van der Waals surface area (Å²) in [6.45, 7) is 4.11. The molecule has 0 bridgehead atoms. The van der Waals surface area contributed by atoms with Gasteiger partial charge < -0.3 is 5.32 Å². The van der Waals surface area contributed by atoms with E-state index in [4.69, 9.17) is 0 Å². The van der Waals surface area contributed by atoms with E-state index in [2.05, 4.69) is 28.7 Å². The van der Waals surface area contributed by atoms with E-state index >= 15 is 4.39 Å². The van der Waals surface area contributed by atoms with Crippen molar-refractivity contribution in [1.29, 1.82) is 0 Å². The maximum Gasteiger partial charge on any atom is 0.259 e. The molecule has 2 aromatic heterocycles. The Labute approximate surface area is 145 Å². The normalized spacial score (nSPS) is 21.6. The minimum Gasteiger partial charge on any atom is -0.349 e. The van der Waals surface area contributed by atoms with Crippen molar-refractivity contribution in [2.75, 3.05) is 13.1 Å². The molecule has 4 nitrogen and oxygen atoms in total. The smallest absolute Gasteiger partial charge is 0.259 e. The summed E-state index contributed by atoms with van der Waals surface area (Å²) in [7, 11) is 0. The molecule has 1 N–H and O–H groups in total. The molecular weight excluding hydrogens is 325 g/mol. The van der Waals surface area contributed by atoms with Crippen LogP contribution in [0.4, 0.5) is 4.39 Å². The first-order valence-electron chi connectivity index (χ1n) is 8.18. The number of hydrogen-bond donors (Lipinski definition) is 1.